The number of benzene rings is 2. The van der Waals surface area contributed by atoms with Crippen molar-refractivity contribution < 1.29 is 27.5 Å². The minimum absolute atomic E-state index is 0.0716. The summed E-state index contributed by atoms with van der Waals surface area (Å²) in [5.41, 5.74) is 0.648. The van der Waals surface area contributed by atoms with E-state index in [-0.39, 0.29) is 18.1 Å². The molecule has 3 N–H and O–H groups in total. The van der Waals surface area contributed by atoms with Crippen molar-refractivity contribution in [3.63, 3.8) is 0 Å². The van der Waals surface area contributed by atoms with Crippen LogP contribution in [0.15, 0.2) is 55.1 Å². The summed E-state index contributed by atoms with van der Waals surface area (Å²) in [6, 6.07) is 8.84. The number of imidazole rings is 1. The topological polar surface area (TPSA) is 123 Å². The number of aromatic nitrogens is 4. The average Bonchev–Trinajstić information content (AvgIpc) is 3.25. The number of rotatable bonds is 5. The Hall–Kier alpha value is -4.39. The van der Waals surface area contributed by atoms with E-state index in [0.717, 1.165) is 12.1 Å². The molecule has 0 saturated carbocycles. The van der Waals surface area contributed by atoms with E-state index in [9.17, 15) is 22.8 Å². The summed E-state index contributed by atoms with van der Waals surface area (Å²) in [5, 5.41) is 6.92. The van der Waals surface area contributed by atoms with Gasteiger partial charge in [0.2, 0.25) is 0 Å². The second-order valence-corrected chi connectivity index (χ2v) is 7.58. The summed E-state index contributed by atoms with van der Waals surface area (Å²) < 4.78 is 45.6. The molecule has 2 aromatic carbocycles. The van der Waals surface area contributed by atoms with Gasteiger partial charge in [-0.1, -0.05) is 11.6 Å². The highest BCUT2D eigenvalue weighted by molar-refractivity contribution is 6.31. The fourth-order valence-corrected chi connectivity index (χ4v) is 3.42. The quantitative estimate of drug-likeness (QED) is 0.311. The van der Waals surface area contributed by atoms with Gasteiger partial charge in [-0.05, 0) is 49.4 Å². The van der Waals surface area contributed by atoms with Crippen LogP contribution in [0.3, 0.4) is 0 Å². The normalized spacial score (nSPS) is 11.2. The van der Waals surface area contributed by atoms with Crippen molar-refractivity contribution in [3.8, 4) is 5.69 Å². The summed E-state index contributed by atoms with van der Waals surface area (Å²) >= 11 is 5.60. The first-order valence-corrected chi connectivity index (χ1v) is 10.7. The zero-order valence-corrected chi connectivity index (χ0v) is 19.2. The number of carbonyl (C=O) groups is 2. The molecule has 186 valence electrons. The Bertz CT molecular complexity index is 1420. The average molecular weight is 520 g/mol. The smallest absolute Gasteiger partial charge is 0.417 e. The molecule has 2 heterocycles. The van der Waals surface area contributed by atoms with Gasteiger partial charge in [-0.15, -0.1) is 0 Å². The first kappa shape index (κ1) is 24.7. The maximum Gasteiger partial charge on any atom is 0.417 e. The lowest BCUT2D eigenvalue weighted by molar-refractivity contribution is -0.137. The van der Waals surface area contributed by atoms with Crippen LogP contribution in [0, 0.1) is 0 Å². The minimum Gasteiger partial charge on any atom is -0.450 e. The van der Waals surface area contributed by atoms with Gasteiger partial charge < -0.3 is 15.4 Å². The lowest BCUT2D eigenvalue weighted by Gasteiger charge is -2.12. The van der Waals surface area contributed by atoms with Crippen molar-refractivity contribution in [1.82, 2.24) is 19.5 Å². The highest BCUT2D eigenvalue weighted by Gasteiger charge is 2.33. The predicted octanol–water partition coefficient (Wildman–Crippen LogP) is 5.70. The van der Waals surface area contributed by atoms with Crippen LogP contribution < -0.4 is 16.0 Å². The van der Waals surface area contributed by atoms with Gasteiger partial charge in [0.25, 0.3) is 0 Å². The van der Waals surface area contributed by atoms with Gasteiger partial charge in [0, 0.05) is 17.1 Å². The van der Waals surface area contributed by atoms with Gasteiger partial charge in [-0.3, -0.25) is 9.88 Å². The molecule has 0 aliphatic rings. The van der Waals surface area contributed by atoms with E-state index in [1.54, 1.807) is 35.8 Å². The molecule has 0 fully saturated rings. The predicted molar refractivity (Wildman–Crippen MR) is 126 cm³/mol. The van der Waals surface area contributed by atoms with Crippen molar-refractivity contribution in [1.29, 1.82) is 0 Å². The summed E-state index contributed by atoms with van der Waals surface area (Å²) in [5.74, 6) is 0.183. The molecule has 4 aromatic rings. The van der Waals surface area contributed by atoms with Crippen LogP contribution in [-0.4, -0.2) is 38.3 Å². The Kier molecular flexibility index (Phi) is 6.92. The van der Waals surface area contributed by atoms with Crippen molar-refractivity contribution >= 4 is 52.1 Å². The zero-order chi connectivity index (χ0) is 25.9. The fourth-order valence-electron chi connectivity index (χ4n) is 3.20. The first-order chi connectivity index (χ1) is 17.2. The lowest BCUT2D eigenvalue weighted by atomic mass is 10.2. The number of hydrogen-bond acceptors (Lipinski definition) is 6. The summed E-state index contributed by atoms with van der Waals surface area (Å²) in [7, 11) is 0. The molecule has 2 aromatic heterocycles. The Morgan fingerprint density at radius 1 is 1.00 bits per heavy atom. The molecule has 3 amide bonds. The molecule has 0 aliphatic heterocycles. The fraction of sp³-hybridized carbons (Fsp3) is 0.136. The molecule has 0 aliphatic carbocycles. The van der Waals surface area contributed by atoms with E-state index < -0.39 is 28.9 Å². The third-order valence-electron chi connectivity index (χ3n) is 4.76. The number of halogens is 4. The van der Waals surface area contributed by atoms with E-state index in [4.69, 9.17) is 16.3 Å². The minimum atomic E-state index is -4.65. The molecule has 0 radical (unpaired) electrons. The van der Waals surface area contributed by atoms with Gasteiger partial charge in [0.1, 0.15) is 12.7 Å². The molecule has 36 heavy (non-hydrogen) atoms. The maximum absolute atomic E-state index is 13.0. The number of amides is 3. The van der Waals surface area contributed by atoms with Crippen LogP contribution in [0.25, 0.3) is 16.9 Å². The third-order valence-corrected chi connectivity index (χ3v) is 5.09. The van der Waals surface area contributed by atoms with Gasteiger partial charge in [-0.2, -0.15) is 13.2 Å². The number of nitrogens with zero attached hydrogens (tertiary/aromatic N) is 4. The number of alkyl halides is 3. The Balaban J connectivity index is 1.47. The number of anilines is 3. The van der Waals surface area contributed by atoms with Gasteiger partial charge >= 0.3 is 18.3 Å². The highest BCUT2D eigenvalue weighted by atomic mass is 35.5. The van der Waals surface area contributed by atoms with E-state index >= 15 is 0 Å². The van der Waals surface area contributed by atoms with Crippen LogP contribution in [0.4, 0.5) is 40.0 Å². The second kappa shape index (κ2) is 10.1. The van der Waals surface area contributed by atoms with Gasteiger partial charge in [0.15, 0.2) is 17.0 Å². The first-order valence-electron chi connectivity index (χ1n) is 10.3. The number of ether oxygens (including phenoxy) is 1. The highest BCUT2D eigenvalue weighted by Crippen LogP contribution is 2.36. The molecule has 0 bridgehead atoms. The molecule has 0 atom stereocenters. The molecule has 0 saturated heterocycles. The van der Waals surface area contributed by atoms with Crippen molar-refractivity contribution in [2.75, 3.05) is 22.6 Å². The van der Waals surface area contributed by atoms with Crippen molar-refractivity contribution in [2.45, 2.75) is 13.1 Å². The number of urea groups is 1. The van der Waals surface area contributed by atoms with Crippen LogP contribution >= 0.6 is 11.6 Å². The second-order valence-electron chi connectivity index (χ2n) is 7.17. The Labute approximate surface area is 206 Å². The number of hydrogen-bond donors (Lipinski definition) is 3. The van der Waals surface area contributed by atoms with Crippen molar-refractivity contribution in [2.24, 2.45) is 0 Å². The molecule has 14 heteroatoms. The van der Waals surface area contributed by atoms with Crippen LogP contribution in [-0.2, 0) is 10.9 Å². The van der Waals surface area contributed by atoms with E-state index in [1.165, 1.54) is 18.7 Å². The number of nitrogens with one attached hydrogen (secondary N) is 3. The summed E-state index contributed by atoms with van der Waals surface area (Å²) in [6.07, 6.45) is -2.57. The van der Waals surface area contributed by atoms with Crippen LogP contribution in [0.1, 0.15) is 12.5 Å². The third kappa shape index (κ3) is 5.46. The largest absolute Gasteiger partial charge is 0.450 e. The maximum atomic E-state index is 13.0. The summed E-state index contributed by atoms with van der Waals surface area (Å²) in [6.45, 7) is 1.87. The number of fused-ring (bicyclic) bond motifs is 1. The van der Waals surface area contributed by atoms with Gasteiger partial charge in [0.05, 0.1) is 17.2 Å². The Morgan fingerprint density at radius 2 is 1.69 bits per heavy atom. The SMILES string of the molecule is CCOC(=O)Nc1ncnc2c1ncn2-c1ccc(NC(=O)Nc2ccc(Cl)c(C(F)(F)F)c2)cc1. The Morgan fingerprint density at radius 3 is 2.39 bits per heavy atom. The molecular weight excluding hydrogens is 503 g/mol. The monoisotopic (exact) mass is 519 g/mol. The zero-order valence-electron chi connectivity index (χ0n) is 18.4. The molecule has 10 nitrogen and oxygen atoms in total. The van der Waals surface area contributed by atoms with Crippen LogP contribution in [0.5, 0.6) is 0 Å². The molecule has 0 unspecified atom stereocenters. The van der Waals surface area contributed by atoms with E-state index in [0.29, 0.717) is 22.5 Å². The molecule has 0 spiro atoms. The summed E-state index contributed by atoms with van der Waals surface area (Å²) in [4.78, 5) is 36.5. The molecular formula is C22H17ClF3N7O3. The van der Waals surface area contributed by atoms with E-state index in [1.807, 2.05) is 0 Å². The lowest BCUT2D eigenvalue weighted by Crippen LogP contribution is -2.20. The van der Waals surface area contributed by atoms with Gasteiger partial charge in [-0.25, -0.2) is 24.5 Å². The van der Waals surface area contributed by atoms with E-state index in [2.05, 4.69) is 30.9 Å². The van der Waals surface area contributed by atoms with Crippen molar-refractivity contribution in [3.05, 3.63) is 65.7 Å². The standard InChI is InChI=1S/C22H17ClF3N7O3/c1-2-36-21(35)32-18-17-19(28-10-27-18)33(11-29-17)14-6-3-12(4-7-14)30-20(34)31-13-5-8-16(23)15(9-13)22(24,25)26/h3-11H,2H2,1H3,(H2,30,31,34)(H,27,28,32,35). The van der Waals surface area contributed by atoms with Crippen LogP contribution in [0.2, 0.25) is 5.02 Å². The number of carbonyl (C=O) groups excluding carboxylic acids is 2. The molecule has 4 rings (SSSR count).